The zero-order chi connectivity index (χ0) is 25.9. The number of carbonyl (C=O) groups excluding carboxylic acids is 1. The Bertz CT molecular complexity index is 1650. The van der Waals surface area contributed by atoms with Crippen molar-refractivity contribution < 1.29 is 23.4 Å². The number of nitriles is 1. The van der Waals surface area contributed by atoms with Gasteiger partial charge in [0.05, 0.1) is 12.5 Å². The first-order valence-corrected chi connectivity index (χ1v) is 11.7. The third-order valence-electron chi connectivity index (χ3n) is 5.95. The largest absolute Gasteiger partial charge is 0.493 e. The Morgan fingerprint density at radius 3 is 2.65 bits per heavy atom. The molecule has 184 valence electrons. The molecule has 4 aromatic rings. The molecule has 3 aromatic carbocycles. The number of hydrogen-bond acceptors (Lipinski definition) is 8. The van der Waals surface area contributed by atoms with Crippen molar-refractivity contribution in [3.05, 3.63) is 111 Å². The number of carbonyl (C=O) groups is 1. The molecule has 0 spiro atoms. The van der Waals surface area contributed by atoms with Gasteiger partial charge >= 0.3 is 11.6 Å². The summed E-state index contributed by atoms with van der Waals surface area (Å²) in [6.45, 7) is 2.53. The minimum atomic E-state index is -0.869. The Morgan fingerprint density at radius 2 is 1.84 bits per heavy atom. The normalized spacial score (nSPS) is 14.4. The van der Waals surface area contributed by atoms with E-state index >= 15 is 0 Å². The Labute approximate surface area is 212 Å². The predicted octanol–water partition coefficient (Wildman–Crippen LogP) is 5.02. The zero-order valence-electron chi connectivity index (χ0n) is 19.9. The van der Waals surface area contributed by atoms with Crippen LogP contribution in [0.3, 0.4) is 0 Å². The van der Waals surface area contributed by atoms with Crippen LogP contribution in [0.25, 0.3) is 11.0 Å². The average Bonchev–Trinajstić information content (AvgIpc) is 2.90. The number of ether oxygens (including phenoxy) is 3. The van der Waals surface area contributed by atoms with Crippen molar-refractivity contribution in [2.24, 2.45) is 5.73 Å². The van der Waals surface area contributed by atoms with Crippen LogP contribution in [0.15, 0.2) is 93.5 Å². The molecule has 0 aliphatic carbocycles. The molecule has 0 bridgehead atoms. The van der Waals surface area contributed by atoms with Crippen LogP contribution in [-0.2, 0) is 0 Å². The number of para-hydroxylation sites is 2. The number of nitrogens with zero attached hydrogens (tertiary/aromatic N) is 1. The minimum Gasteiger partial charge on any atom is -0.493 e. The third-order valence-corrected chi connectivity index (χ3v) is 5.95. The fourth-order valence-corrected chi connectivity index (χ4v) is 4.25. The molecule has 2 heterocycles. The molecular formula is C29H22N2O6. The van der Waals surface area contributed by atoms with E-state index in [0.717, 1.165) is 12.0 Å². The van der Waals surface area contributed by atoms with E-state index in [9.17, 15) is 14.9 Å². The summed E-state index contributed by atoms with van der Waals surface area (Å²) < 4.78 is 22.4. The van der Waals surface area contributed by atoms with Gasteiger partial charge in [0.1, 0.15) is 40.0 Å². The fourth-order valence-electron chi connectivity index (χ4n) is 4.25. The number of nitrogens with two attached hydrogens (primary N) is 1. The molecule has 8 nitrogen and oxygen atoms in total. The van der Waals surface area contributed by atoms with Crippen molar-refractivity contribution in [2.45, 2.75) is 19.3 Å². The topological polar surface area (TPSA) is 125 Å². The van der Waals surface area contributed by atoms with Crippen LogP contribution < -0.4 is 25.6 Å². The van der Waals surface area contributed by atoms with Crippen LogP contribution in [0, 0.1) is 11.3 Å². The molecule has 1 aromatic heterocycles. The maximum atomic E-state index is 12.8. The van der Waals surface area contributed by atoms with Crippen LogP contribution in [0.1, 0.15) is 40.7 Å². The number of hydrogen-bond donors (Lipinski definition) is 1. The van der Waals surface area contributed by atoms with Crippen LogP contribution in [0.5, 0.6) is 17.2 Å². The molecule has 2 N–H and O–H groups in total. The lowest BCUT2D eigenvalue weighted by molar-refractivity contribution is 0.0730. The quantitative estimate of drug-likeness (QED) is 0.225. The van der Waals surface area contributed by atoms with Gasteiger partial charge in [-0.2, -0.15) is 5.26 Å². The van der Waals surface area contributed by atoms with E-state index in [0.29, 0.717) is 34.6 Å². The SMILES string of the molecule is CCCOc1ccccc1C1C(C#N)=C(N)Oc2cc(OC(=O)c3cc4ccccc4oc3=O)ccc21. The highest BCUT2D eigenvalue weighted by atomic mass is 16.5. The van der Waals surface area contributed by atoms with E-state index in [1.54, 1.807) is 36.4 Å². The van der Waals surface area contributed by atoms with E-state index in [1.807, 2.05) is 31.2 Å². The highest BCUT2D eigenvalue weighted by Crippen LogP contribution is 2.45. The van der Waals surface area contributed by atoms with E-state index in [-0.39, 0.29) is 22.8 Å². The average molecular weight is 495 g/mol. The van der Waals surface area contributed by atoms with Gasteiger partial charge in [0.2, 0.25) is 5.88 Å². The zero-order valence-corrected chi connectivity index (χ0v) is 19.9. The second kappa shape index (κ2) is 9.91. The lowest BCUT2D eigenvalue weighted by atomic mass is 9.83. The van der Waals surface area contributed by atoms with E-state index in [1.165, 1.54) is 12.1 Å². The van der Waals surface area contributed by atoms with Gasteiger partial charge in [0, 0.05) is 22.6 Å². The number of allylic oxidation sites excluding steroid dienone is 1. The molecule has 0 saturated heterocycles. The summed E-state index contributed by atoms with van der Waals surface area (Å²) in [6, 6.07) is 22.7. The number of rotatable bonds is 6. The summed E-state index contributed by atoms with van der Waals surface area (Å²) in [5, 5.41) is 10.5. The highest BCUT2D eigenvalue weighted by molar-refractivity contribution is 5.94. The smallest absolute Gasteiger partial charge is 0.351 e. The predicted molar refractivity (Wildman–Crippen MR) is 135 cm³/mol. The van der Waals surface area contributed by atoms with Gasteiger partial charge in [-0.25, -0.2) is 9.59 Å². The van der Waals surface area contributed by atoms with Crippen molar-refractivity contribution in [3.63, 3.8) is 0 Å². The lowest BCUT2D eigenvalue weighted by Gasteiger charge is -2.28. The Kier molecular flexibility index (Phi) is 6.35. The maximum Gasteiger partial charge on any atom is 0.351 e. The van der Waals surface area contributed by atoms with Crippen molar-refractivity contribution in [1.82, 2.24) is 0 Å². The first kappa shape index (κ1) is 23.7. The van der Waals surface area contributed by atoms with E-state index in [4.69, 9.17) is 24.4 Å². The summed E-state index contributed by atoms with van der Waals surface area (Å²) in [5.74, 6) is -0.364. The molecule has 0 fully saturated rings. The Balaban J connectivity index is 1.50. The standard InChI is InChI=1S/C29H22N2O6/c1-2-13-34-24-10-6-4-8-19(24)26-20-12-11-18(15-25(20)36-27(31)22(26)16-30)35-28(32)21-14-17-7-3-5-9-23(17)37-29(21)33/h3-12,14-15,26H,2,13,31H2,1H3. The van der Waals surface area contributed by atoms with Crippen molar-refractivity contribution >= 4 is 16.9 Å². The first-order chi connectivity index (χ1) is 18.0. The molecule has 0 radical (unpaired) electrons. The first-order valence-electron chi connectivity index (χ1n) is 11.7. The second-order valence-corrected chi connectivity index (χ2v) is 8.39. The number of fused-ring (bicyclic) bond motifs is 2. The van der Waals surface area contributed by atoms with Gasteiger partial charge in [0.15, 0.2) is 0 Å². The summed E-state index contributed by atoms with van der Waals surface area (Å²) in [4.78, 5) is 25.2. The summed E-state index contributed by atoms with van der Waals surface area (Å²) >= 11 is 0. The highest BCUT2D eigenvalue weighted by Gasteiger charge is 2.33. The molecule has 0 amide bonds. The van der Waals surface area contributed by atoms with Gasteiger partial charge < -0.3 is 24.4 Å². The van der Waals surface area contributed by atoms with Crippen molar-refractivity contribution in [3.8, 4) is 23.3 Å². The van der Waals surface area contributed by atoms with Gasteiger partial charge in [0.25, 0.3) is 0 Å². The maximum absolute atomic E-state index is 12.8. The van der Waals surface area contributed by atoms with Gasteiger partial charge in [-0.05, 0) is 30.7 Å². The lowest BCUT2D eigenvalue weighted by Crippen LogP contribution is -2.22. The molecule has 1 aliphatic heterocycles. The minimum absolute atomic E-state index is 0.0519. The van der Waals surface area contributed by atoms with Crippen molar-refractivity contribution in [1.29, 1.82) is 5.26 Å². The molecule has 1 aliphatic rings. The number of benzene rings is 3. The van der Waals surface area contributed by atoms with Crippen molar-refractivity contribution in [2.75, 3.05) is 6.61 Å². The fraction of sp³-hybridized carbons (Fsp3) is 0.138. The third kappa shape index (κ3) is 4.50. The second-order valence-electron chi connectivity index (χ2n) is 8.39. The Hall–Kier alpha value is -5.03. The van der Waals surface area contributed by atoms with E-state index < -0.39 is 17.5 Å². The Morgan fingerprint density at radius 1 is 1.05 bits per heavy atom. The summed E-state index contributed by atoms with van der Waals surface area (Å²) in [6.07, 6.45) is 0.825. The molecule has 37 heavy (non-hydrogen) atoms. The molecular weight excluding hydrogens is 472 g/mol. The van der Waals surface area contributed by atoms with Crippen LogP contribution in [-0.4, -0.2) is 12.6 Å². The van der Waals surface area contributed by atoms with Crippen LogP contribution in [0.2, 0.25) is 0 Å². The summed E-state index contributed by atoms with van der Waals surface area (Å²) in [7, 11) is 0. The van der Waals surface area contributed by atoms with Crippen LogP contribution >= 0.6 is 0 Å². The monoisotopic (exact) mass is 494 g/mol. The molecule has 5 rings (SSSR count). The van der Waals surface area contributed by atoms with Crippen LogP contribution in [0.4, 0.5) is 0 Å². The molecule has 1 unspecified atom stereocenters. The van der Waals surface area contributed by atoms with Gasteiger partial charge in [-0.3, -0.25) is 0 Å². The molecule has 8 heteroatoms. The molecule has 0 saturated carbocycles. The molecule has 1 atom stereocenters. The number of esters is 1. The van der Waals surface area contributed by atoms with Gasteiger partial charge in [-0.15, -0.1) is 0 Å². The summed E-state index contributed by atoms with van der Waals surface area (Å²) in [5.41, 5.74) is 7.14. The van der Waals surface area contributed by atoms with Gasteiger partial charge in [-0.1, -0.05) is 49.4 Å². The van der Waals surface area contributed by atoms with E-state index in [2.05, 4.69) is 6.07 Å².